The van der Waals surface area contributed by atoms with E-state index < -0.39 is 0 Å². The molecule has 3 aromatic rings. The maximum Gasteiger partial charge on any atom is 0.223 e. The van der Waals surface area contributed by atoms with Gasteiger partial charge in [-0.3, -0.25) is 19.3 Å². The molecule has 176 valence electrons. The normalized spacial score (nSPS) is 19.3. The molecule has 2 aliphatic rings. The first kappa shape index (κ1) is 22.5. The number of ketones is 1. The van der Waals surface area contributed by atoms with Gasteiger partial charge in [-0.05, 0) is 48.8 Å². The number of aryl methyl sites for hydroxylation is 1. The van der Waals surface area contributed by atoms with Crippen molar-refractivity contribution in [3.8, 4) is 0 Å². The molecule has 1 aromatic carbocycles. The Kier molecular flexibility index (Phi) is 6.07. The second-order valence-electron chi connectivity index (χ2n) is 10.4. The molecular weight excluding hydrogens is 424 g/mol. The Labute approximate surface area is 201 Å². The van der Waals surface area contributed by atoms with E-state index in [1.165, 1.54) is 5.56 Å². The van der Waals surface area contributed by atoms with Gasteiger partial charge in [0.05, 0.1) is 35.2 Å². The Morgan fingerprint density at radius 3 is 2.65 bits per heavy atom. The second kappa shape index (κ2) is 9.16. The number of amides is 1. The van der Waals surface area contributed by atoms with Crippen LogP contribution in [0, 0.1) is 5.41 Å². The van der Waals surface area contributed by atoms with Gasteiger partial charge < -0.3 is 4.90 Å². The van der Waals surface area contributed by atoms with Crippen LogP contribution in [0.2, 0.25) is 0 Å². The van der Waals surface area contributed by atoms with Crippen LogP contribution in [0.15, 0.2) is 54.7 Å². The molecule has 1 atom stereocenters. The van der Waals surface area contributed by atoms with Crippen LogP contribution in [0.1, 0.15) is 78.6 Å². The van der Waals surface area contributed by atoms with E-state index in [4.69, 9.17) is 5.10 Å². The van der Waals surface area contributed by atoms with Crippen LogP contribution in [0.3, 0.4) is 0 Å². The minimum absolute atomic E-state index is 0.107. The topological polar surface area (TPSA) is 68.1 Å². The highest BCUT2D eigenvalue weighted by Gasteiger charge is 2.41. The molecule has 34 heavy (non-hydrogen) atoms. The summed E-state index contributed by atoms with van der Waals surface area (Å²) in [6.45, 7) is 5.53. The lowest BCUT2D eigenvalue weighted by Crippen LogP contribution is -2.33. The number of fused-ring (bicyclic) bond motifs is 1. The van der Waals surface area contributed by atoms with E-state index in [2.05, 4.69) is 31.0 Å². The number of carbonyl (C=O) groups excluding carboxylic acids is 2. The molecule has 0 bridgehead atoms. The molecule has 0 N–H and O–H groups in total. The highest BCUT2D eigenvalue weighted by atomic mass is 16.2. The van der Waals surface area contributed by atoms with E-state index in [9.17, 15) is 9.59 Å². The first-order chi connectivity index (χ1) is 16.4. The van der Waals surface area contributed by atoms with Crippen molar-refractivity contribution in [3.05, 3.63) is 82.9 Å². The monoisotopic (exact) mass is 456 g/mol. The minimum Gasteiger partial charge on any atom is -0.334 e. The molecule has 3 heterocycles. The van der Waals surface area contributed by atoms with Crippen LogP contribution < -0.4 is 0 Å². The Balaban J connectivity index is 1.45. The Hall–Kier alpha value is -3.28. The predicted molar refractivity (Wildman–Crippen MR) is 130 cm³/mol. The van der Waals surface area contributed by atoms with Gasteiger partial charge >= 0.3 is 0 Å². The summed E-state index contributed by atoms with van der Waals surface area (Å²) >= 11 is 0. The summed E-state index contributed by atoms with van der Waals surface area (Å²) in [5, 5.41) is 5.00. The third kappa shape index (κ3) is 4.54. The van der Waals surface area contributed by atoms with Crippen LogP contribution in [0.25, 0.3) is 0 Å². The van der Waals surface area contributed by atoms with Crippen molar-refractivity contribution in [2.45, 2.75) is 65.0 Å². The van der Waals surface area contributed by atoms with Crippen LogP contribution in [0.5, 0.6) is 0 Å². The van der Waals surface area contributed by atoms with Gasteiger partial charge in [0, 0.05) is 25.6 Å². The molecule has 0 saturated carbocycles. The van der Waals surface area contributed by atoms with Gasteiger partial charge in [0.2, 0.25) is 5.91 Å². The number of rotatable bonds is 6. The summed E-state index contributed by atoms with van der Waals surface area (Å²) < 4.78 is 1.97. The summed E-state index contributed by atoms with van der Waals surface area (Å²) in [6.07, 6.45) is 6.07. The van der Waals surface area contributed by atoms with Crippen molar-refractivity contribution < 1.29 is 9.59 Å². The Morgan fingerprint density at radius 1 is 1.09 bits per heavy atom. The zero-order valence-electron chi connectivity index (χ0n) is 20.0. The van der Waals surface area contributed by atoms with Crippen molar-refractivity contribution in [3.63, 3.8) is 0 Å². The summed E-state index contributed by atoms with van der Waals surface area (Å²) in [4.78, 5) is 33.0. The third-order valence-corrected chi connectivity index (χ3v) is 7.05. The standard InChI is InChI=1S/C28H32N4O2/c1-28(2)17-23-26(24(33)18-28)27(30-32(23)19-21-11-6-7-15-29-21)22-12-8-16-31(22)25(34)14-13-20-9-4-3-5-10-20/h3-7,9-11,15,22H,8,12-14,16-19H2,1-2H3/t22-/m0/s1. The first-order valence-corrected chi connectivity index (χ1v) is 12.3. The van der Waals surface area contributed by atoms with E-state index in [1.807, 2.05) is 46.0 Å². The van der Waals surface area contributed by atoms with Gasteiger partial charge in [-0.25, -0.2) is 0 Å². The Morgan fingerprint density at radius 2 is 1.88 bits per heavy atom. The Bertz CT molecular complexity index is 1180. The first-order valence-electron chi connectivity index (χ1n) is 12.3. The van der Waals surface area contributed by atoms with Gasteiger partial charge in [-0.1, -0.05) is 50.2 Å². The number of hydrogen-bond acceptors (Lipinski definition) is 4. The molecule has 1 fully saturated rings. The molecule has 1 aliphatic carbocycles. The highest BCUT2D eigenvalue weighted by Crippen LogP contribution is 2.41. The number of hydrogen-bond donors (Lipinski definition) is 0. The fourth-order valence-electron chi connectivity index (χ4n) is 5.44. The largest absolute Gasteiger partial charge is 0.334 e. The third-order valence-electron chi connectivity index (χ3n) is 7.05. The van der Waals surface area contributed by atoms with Crippen molar-refractivity contribution in [1.29, 1.82) is 0 Å². The number of nitrogens with zero attached hydrogens (tertiary/aromatic N) is 4. The van der Waals surface area contributed by atoms with E-state index in [0.717, 1.165) is 54.9 Å². The number of likely N-dealkylation sites (tertiary alicyclic amines) is 1. The molecule has 6 heteroatoms. The van der Waals surface area contributed by atoms with E-state index in [-0.39, 0.29) is 23.1 Å². The van der Waals surface area contributed by atoms with Gasteiger partial charge in [0.25, 0.3) is 0 Å². The number of carbonyl (C=O) groups is 2. The maximum absolute atomic E-state index is 13.4. The molecular formula is C28H32N4O2. The zero-order valence-corrected chi connectivity index (χ0v) is 20.0. The molecule has 0 unspecified atom stereocenters. The SMILES string of the molecule is CC1(C)CC(=O)c2c([C@@H]3CCCN3C(=O)CCc3ccccc3)nn(Cc3ccccn3)c2C1. The van der Waals surface area contributed by atoms with Crippen LogP contribution in [-0.4, -0.2) is 37.9 Å². The van der Waals surface area contributed by atoms with Gasteiger partial charge in [0.1, 0.15) is 0 Å². The second-order valence-corrected chi connectivity index (χ2v) is 10.4. The number of Topliss-reactive ketones (excluding diaryl/α,β-unsaturated/α-hetero) is 1. The number of benzene rings is 1. The molecule has 0 radical (unpaired) electrons. The average Bonchev–Trinajstić information content (AvgIpc) is 3.43. The van der Waals surface area contributed by atoms with Crippen LogP contribution in [-0.2, 0) is 24.2 Å². The minimum atomic E-state index is -0.132. The molecule has 6 nitrogen and oxygen atoms in total. The summed E-state index contributed by atoms with van der Waals surface area (Å²) in [7, 11) is 0. The van der Waals surface area contributed by atoms with Gasteiger partial charge in [-0.2, -0.15) is 5.10 Å². The van der Waals surface area contributed by atoms with Crippen molar-refractivity contribution in [2.75, 3.05) is 6.54 Å². The summed E-state index contributed by atoms with van der Waals surface area (Å²) in [5.74, 6) is 0.292. The van der Waals surface area contributed by atoms with Gasteiger partial charge in [-0.15, -0.1) is 0 Å². The van der Waals surface area contributed by atoms with E-state index in [0.29, 0.717) is 19.4 Å². The molecule has 5 rings (SSSR count). The average molecular weight is 457 g/mol. The number of aromatic nitrogens is 3. The van der Waals surface area contributed by atoms with E-state index >= 15 is 0 Å². The van der Waals surface area contributed by atoms with Crippen molar-refractivity contribution in [2.24, 2.45) is 5.41 Å². The maximum atomic E-state index is 13.4. The lowest BCUT2D eigenvalue weighted by atomic mass is 9.75. The molecule has 1 amide bonds. The number of pyridine rings is 1. The van der Waals surface area contributed by atoms with Crippen molar-refractivity contribution in [1.82, 2.24) is 19.7 Å². The molecule has 2 aromatic heterocycles. The summed E-state index contributed by atoms with van der Waals surface area (Å²) in [6, 6.07) is 15.8. The van der Waals surface area contributed by atoms with Gasteiger partial charge in [0.15, 0.2) is 5.78 Å². The lowest BCUT2D eigenvalue weighted by Gasteiger charge is -2.30. The van der Waals surface area contributed by atoms with Crippen molar-refractivity contribution >= 4 is 11.7 Å². The summed E-state index contributed by atoms with van der Waals surface area (Å²) in [5.41, 5.74) is 4.51. The quantitative estimate of drug-likeness (QED) is 0.535. The molecule has 1 aliphatic heterocycles. The fraction of sp³-hybridized carbons (Fsp3) is 0.429. The lowest BCUT2D eigenvalue weighted by molar-refractivity contribution is -0.132. The predicted octanol–water partition coefficient (Wildman–Crippen LogP) is 4.78. The van der Waals surface area contributed by atoms with E-state index in [1.54, 1.807) is 6.20 Å². The van der Waals surface area contributed by atoms with Crippen LogP contribution in [0.4, 0.5) is 0 Å². The smallest absolute Gasteiger partial charge is 0.223 e. The van der Waals surface area contributed by atoms with Crippen LogP contribution >= 0.6 is 0 Å². The fourth-order valence-corrected chi connectivity index (χ4v) is 5.44. The highest BCUT2D eigenvalue weighted by molar-refractivity contribution is 6.00. The molecule has 1 saturated heterocycles. The zero-order chi connectivity index (χ0) is 23.7. The molecule has 0 spiro atoms.